The van der Waals surface area contributed by atoms with Gasteiger partial charge in [-0.2, -0.15) is 0 Å². The van der Waals surface area contributed by atoms with Crippen molar-refractivity contribution in [3.63, 3.8) is 0 Å². The summed E-state index contributed by atoms with van der Waals surface area (Å²) in [5, 5.41) is 0.752. The number of piperazine rings is 1. The smallest absolute Gasteiger partial charge is 0.332 e. The average Bonchev–Trinajstić information content (AvgIpc) is 3.53. The Kier molecular flexibility index (Phi) is 14.1. The van der Waals surface area contributed by atoms with Gasteiger partial charge in [-0.25, -0.2) is 4.79 Å². The molecule has 0 spiro atoms. The van der Waals surface area contributed by atoms with Crippen molar-refractivity contribution in [2.45, 2.75) is 31.7 Å². The molecule has 1 fully saturated rings. The first-order valence-electron chi connectivity index (χ1n) is 15.9. The molecule has 5 rings (SSSR count). The fourth-order valence-corrected chi connectivity index (χ4v) is 8.08. The third kappa shape index (κ3) is 11.0. The van der Waals surface area contributed by atoms with E-state index in [1.54, 1.807) is 20.7 Å². The van der Waals surface area contributed by atoms with Gasteiger partial charge < -0.3 is 14.2 Å². The van der Waals surface area contributed by atoms with Crippen LogP contribution in [0, 0.1) is 3.82 Å². The van der Waals surface area contributed by atoms with E-state index in [1.807, 2.05) is 30.3 Å². The molecule has 0 bridgehead atoms. The molecule has 0 aliphatic carbocycles. The molecule has 1 saturated heterocycles. The van der Waals surface area contributed by atoms with Crippen molar-refractivity contribution >= 4 is 50.5 Å². The highest BCUT2D eigenvalue weighted by atomic mass is 35.5. The summed E-state index contributed by atoms with van der Waals surface area (Å²) < 4.78 is 17.8. The highest BCUT2D eigenvalue weighted by Gasteiger charge is 2.26. The Hall–Kier alpha value is -2.63. The van der Waals surface area contributed by atoms with Gasteiger partial charge in [0, 0.05) is 42.6 Å². The number of halogens is 1. The van der Waals surface area contributed by atoms with Crippen LogP contribution in [0.2, 0.25) is 5.02 Å². The van der Waals surface area contributed by atoms with Gasteiger partial charge in [0.15, 0.2) is 0 Å². The monoisotopic (exact) mass is 696 g/mol. The lowest BCUT2D eigenvalue weighted by molar-refractivity contribution is -0.149. The average molecular weight is 697 g/mol. The fourth-order valence-electron chi connectivity index (χ4n) is 5.55. The van der Waals surface area contributed by atoms with Crippen LogP contribution in [0.15, 0.2) is 84.9 Å². The van der Waals surface area contributed by atoms with Gasteiger partial charge in [0.1, 0.15) is 16.2 Å². The Labute approximate surface area is 289 Å². The van der Waals surface area contributed by atoms with Crippen molar-refractivity contribution in [2.24, 2.45) is 0 Å². The molecule has 6 nitrogen and oxygen atoms in total. The predicted octanol–water partition coefficient (Wildman–Crippen LogP) is 8.77. The maximum atomic E-state index is 12.1. The first kappa shape index (κ1) is 34.7. The summed E-state index contributed by atoms with van der Waals surface area (Å²) in [5.74, 6) is 0.585. The number of ether oxygens (including phenoxy) is 3. The van der Waals surface area contributed by atoms with Crippen LogP contribution in [0.4, 0.5) is 0 Å². The number of hydrogen-bond acceptors (Lipinski definition) is 9. The Morgan fingerprint density at radius 3 is 2.20 bits per heavy atom. The minimum absolute atomic E-state index is 0.000725. The molecule has 1 atom stereocenters. The van der Waals surface area contributed by atoms with Crippen LogP contribution in [-0.2, 0) is 14.3 Å². The Morgan fingerprint density at radius 2 is 1.50 bits per heavy atom. The second kappa shape index (κ2) is 18.6. The molecule has 1 unspecified atom stereocenters. The van der Waals surface area contributed by atoms with E-state index in [4.69, 9.17) is 38.0 Å². The number of carbonyl (C=O) groups excluding carboxylic acids is 1. The van der Waals surface area contributed by atoms with Gasteiger partial charge in [0.25, 0.3) is 0 Å². The van der Waals surface area contributed by atoms with Gasteiger partial charge in [-0.15, -0.1) is 0 Å². The summed E-state index contributed by atoms with van der Waals surface area (Å²) in [4.78, 5) is 18.2. The van der Waals surface area contributed by atoms with Crippen molar-refractivity contribution < 1.29 is 19.0 Å². The standard InChI is InChI=1S/C36H41ClN2O4S3/c37-31-14-10-30(11-15-31)36(29-8-4-3-5-9-29)39-20-18-38(19-21-39)22-25-41-27-34(40)43-24-7-2-1-6-23-42-32-16-12-28(13-17-32)33-26-35(44)46-45-33/h3-5,8-17,26,36H,1-2,6-7,18-25,27H2. The van der Waals surface area contributed by atoms with Gasteiger partial charge >= 0.3 is 5.97 Å². The minimum Gasteiger partial charge on any atom is -0.494 e. The largest absolute Gasteiger partial charge is 0.494 e. The molecule has 244 valence electrons. The number of benzene rings is 3. The van der Waals surface area contributed by atoms with Gasteiger partial charge in [-0.3, -0.25) is 9.80 Å². The summed E-state index contributed by atoms with van der Waals surface area (Å²) in [6.45, 7) is 6.24. The third-order valence-electron chi connectivity index (χ3n) is 8.02. The Balaban J connectivity index is 0.886. The maximum Gasteiger partial charge on any atom is 0.332 e. The first-order chi connectivity index (χ1) is 22.5. The number of nitrogens with zero attached hydrogens (tertiary/aromatic N) is 2. The zero-order chi connectivity index (χ0) is 32.0. The SMILES string of the molecule is O=C(COCCN1CCN(C(c2ccccc2)c2ccc(Cl)cc2)CC1)OCCCCCCOc1ccc(-c2cc(=S)ss2)cc1. The molecule has 0 N–H and O–H groups in total. The predicted molar refractivity (Wildman–Crippen MR) is 192 cm³/mol. The number of esters is 1. The maximum absolute atomic E-state index is 12.1. The van der Waals surface area contributed by atoms with Crippen LogP contribution < -0.4 is 4.74 Å². The van der Waals surface area contributed by atoms with E-state index in [0.717, 1.165) is 73.0 Å². The van der Waals surface area contributed by atoms with E-state index in [9.17, 15) is 4.79 Å². The topological polar surface area (TPSA) is 51.2 Å². The van der Waals surface area contributed by atoms with Crippen LogP contribution in [0.3, 0.4) is 0 Å². The summed E-state index contributed by atoms with van der Waals surface area (Å²) in [5.41, 5.74) is 3.70. The van der Waals surface area contributed by atoms with E-state index in [2.05, 4.69) is 64.4 Å². The van der Waals surface area contributed by atoms with Gasteiger partial charge in [0.05, 0.1) is 25.9 Å². The van der Waals surface area contributed by atoms with Crippen molar-refractivity contribution in [3.05, 3.63) is 105 Å². The Bertz CT molecular complexity index is 1520. The summed E-state index contributed by atoms with van der Waals surface area (Å²) in [6, 6.07) is 29.2. The molecule has 10 heteroatoms. The van der Waals surface area contributed by atoms with Crippen molar-refractivity contribution in [1.82, 2.24) is 9.80 Å². The lowest BCUT2D eigenvalue weighted by Gasteiger charge is -2.39. The quantitative estimate of drug-likeness (QED) is 0.0474. The molecule has 0 radical (unpaired) electrons. The van der Waals surface area contributed by atoms with E-state index < -0.39 is 0 Å². The summed E-state index contributed by atoms with van der Waals surface area (Å²) >= 11 is 11.4. The normalized spacial score (nSPS) is 14.6. The van der Waals surface area contributed by atoms with Crippen LogP contribution in [0.5, 0.6) is 5.75 Å². The molecule has 2 heterocycles. The number of unbranched alkanes of at least 4 members (excludes halogenated alkanes) is 3. The zero-order valence-corrected chi connectivity index (χ0v) is 29.2. The number of carbonyl (C=O) groups is 1. The minimum atomic E-state index is -0.294. The van der Waals surface area contributed by atoms with E-state index in [1.165, 1.54) is 21.6 Å². The first-order valence-corrected chi connectivity index (χ1v) is 18.8. The number of rotatable bonds is 17. The summed E-state index contributed by atoms with van der Waals surface area (Å²) in [6.07, 6.45) is 3.84. The second-order valence-electron chi connectivity index (χ2n) is 11.3. The Morgan fingerprint density at radius 1 is 0.804 bits per heavy atom. The fraction of sp³-hybridized carbons (Fsp3) is 0.389. The van der Waals surface area contributed by atoms with Gasteiger partial charge in [-0.05, 0) is 84.8 Å². The molecule has 1 aliphatic heterocycles. The number of hydrogen-bond donors (Lipinski definition) is 0. The molecule has 1 aromatic heterocycles. The van der Waals surface area contributed by atoms with Crippen molar-refractivity contribution in [3.8, 4) is 16.2 Å². The van der Waals surface area contributed by atoms with Gasteiger partial charge in [0.2, 0.25) is 0 Å². The molecular weight excluding hydrogens is 656 g/mol. The second-order valence-corrected chi connectivity index (χ2v) is 14.6. The molecule has 0 saturated carbocycles. The molecule has 0 amide bonds. The van der Waals surface area contributed by atoms with Crippen LogP contribution in [0.1, 0.15) is 42.9 Å². The van der Waals surface area contributed by atoms with Crippen molar-refractivity contribution in [2.75, 3.05) is 59.2 Å². The highest BCUT2D eigenvalue weighted by Crippen LogP contribution is 2.31. The lowest BCUT2D eigenvalue weighted by atomic mass is 9.96. The third-order valence-corrected chi connectivity index (χ3v) is 11.2. The van der Waals surface area contributed by atoms with Gasteiger partial charge in [-0.1, -0.05) is 87.0 Å². The van der Waals surface area contributed by atoms with Crippen LogP contribution >= 0.6 is 44.5 Å². The molecule has 4 aromatic rings. The van der Waals surface area contributed by atoms with Crippen LogP contribution in [0.25, 0.3) is 10.4 Å². The van der Waals surface area contributed by atoms with E-state index in [-0.39, 0.29) is 18.6 Å². The van der Waals surface area contributed by atoms with E-state index >= 15 is 0 Å². The molecule has 46 heavy (non-hydrogen) atoms. The zero-order valence-electron chi connectivity index (χ0n) is 26.0. The molecular formula is C36H41ClN2O4S3. The molecule has 3 aromatic carbocycles. The summed E-state index contributed by atoms with van der Waals surface area (Å²) in [7, 11) is 3.33. The highest BCUT2D eigenvalue weighted by molar-refractivity contribution is 7.80. The van der Waals surface area contributed by atoms with E-state index in [0.29, 0.717) is 19.8 Å². The van der Waals surface area contributed by atoms with Crippen molar-refractivity contribution in [1.29, 1.82) is 0 Å². The van der Waals surface area contributed by atoms with Crippen LogP contribution in [-0.4, -0.2) is 74.9 Å². The molecule has 1 aliphatic rings. The lowest BCUT2D eigenvalue weighted by Crippen LogP contribution is -2.48.